The number of aliphatic imine (C=N–C) groups is 1. The number of hydrogen-bond donors (Lipinski definition) is 3. The molecule has 0 spiro atoms. The number of amides is 2. The number of aliphatic hydroxyl groups is 1. The molecule has 3 aliphatic heterocycles. The van der Waals surface area contributed by atoms with Gasteiger partial charge in [-0.3, -0.25) is 9.59 Å². The maximum absolute atomic E-state index is 15.3. The monoisotopic (exact) mass is 664 g/mol. The first-order valence-corrected chi connectivity index (χ1v) is 17.0. The number of methoxy groups -OCH3 is 1. The SMILES string of the molecule is COC1C=CC2=C(NC(O)C(C(F)(F)CCCC[C@@H]3CCCC3OC(=O)NC(C(=O)N3CC[C@@H](C)[C@H]3C(C)=O)C3(C)COC3)=N2)C1C. The van der Waals surface area contributed by atoms with Crippen molar-refractivity contribution in [3.05, 3.63) is 23.5 Å². The number of ether oxygens (including phenoxy) is 3. The number of hydrogen-bond acceptors (Lipinski definition) is 9. The van der Waals surface area contributed by atoms with Gasteiger partial charge in [-0.2, -0.15) is 8.78 Å². The minimum absolute atomic E-state index is 0.0160. The lowest BCUT2D eigenvalue weighted by molar-refractivity contribution is -0.158. The van der Waals surface area contributed by atoms with E-state index in [0.717, 1.165) is 12.8 Å². The molecular weight excluding hydrogens is 614 g/mol. The number of carbonyl (C=O) groups excluding carboxylic acids is 3. The number of halogens is 2. The van der Waals surface area contributed by atoms with Crippen LogP contribution < -0.4 is 10.6 Å². The molecule has 2 aliphatic carbocycles. The maximum atomic E-state index is 15.3. The van der Waals surface area contributed by atoms with Gasteiger partial charge >= 0.3 is 6.09 Å². The van der Waals surface area contributed by atoms with Crippen molar-refractivity contribution in [2.75, 3.05) is 26.9 Å². The smallest absolute Gasteiger partial charge is 0.408 e. The van der Waals surface area contributed by atoms with E-state index < -0.39 is 47.9 Å². The number of nitrogens with zero attached hydrogens (tertiary/aromatic N) is 2. The Labute approximate surface area is 275 Å². The van der Waals surface area contributed by atoms with Crippen LogP contribution in [0.2, 0.25) is 0 Å². The molecule has 0 radical (unpaired) electrons. The van der Waals surface area contributed by atoms with Crippen LogP contribution in [0.3, 0.4) is 0 Å². The van der Waals surface area contributed by atoms with E-state index in [4.69, 9.17) is 14.2 Å². The summed E-state index contributed by atoms with van der Waals surface area (Å²) in [6.07, 6.45) is 4.39. The minimum atomic E-state index is -3.30. The molecule has 0 aromatic carbocycles. The predicted molar refractivity (Wildman–Crippen MR) is 170 cm³/mol. The Hall–Kier alpha value is -2.90. The Bertz CT molecular complexity index is 1300. The van der Waals surface area contributed by atoms with Gasteiger partial charge in [0.25, 0.3) is 5.92 Å². The van der Waals surface area contributed by atoms with Gasteiger partial charge in [0.05, 0.1) is 31.1 Å². The van der Waals surface area contributed by atoms with Crippen LogP contribution in [-0.2, 0) is 23.8 Å². The molecule has 8 atom stereocenters. The Kier molecular flexibility index (Phi) is 10.8. The molecule has 3 heterocycles. The highest BCUT2D eigenvalue weighted by Gasteiger charge is 2.51. The highest BCUT2D eigenvalue weighted by molar-refractivity contribution is 5.96. The zero-order valence-corrected chi connectivity index (χ0v) is 28.1. The van der Waals surface area contributed by atoms with Crippen molar-refractivity contribution in [1.29, 1.82) is 0 Å². The fourth-order valence-corrected chi connectivity index (χ4v) is 7.88. The third kappa shape index (κ3) is 7.41. The first kappa shape index (κ1) is 35.4. The quantitative estimate of drug-likeness (QED) is 0.265. The number of nitrogens with one attached hydrogen (secondary N) is 2. The van der Waals surface area contributed by atoms with Crippen LogP contribution in [-0.4, -0.2) is 96.8 Å². The number of Topliss-reactive ketones (excluding diaryl/α,β-unsaturated/α-hetero) is 1. The molecule has 5 unspecified atom stereocenters. The fraction of sp³-hybridized carbons (Fsp3) is 0.765. The van der Waals surface area contributed by atoms with E-state index in [2.05, 4.69) is 15.6 Å². The molecule has 47 heavy (non-hydrogen) atoms. The van der Waals surface area contributed by atoms with E-state index in [1.165, 1.54) is 6.92 Å². The topological polar surface area (TPSA) is 139 Å². The summed E-state index contributed by atoms with van der Waals surface area (Å²) < 4.78 is 47.2. The largest absolute Gasteiger partial charge is 0.446 e. The van der Waals surface area contributed by atoms with Crippen LogP contribution in [0.1, 0.15) is 79.1 Å². The summed E-state index contributed by atoms with van der Waals surface area (Å²) in [4.78, 5) is 45.0. The average molecular weight is 665 g/mol. The number of ketones is 1. The lowest BCUT2D eigenvalue weighted by atomic mass is 9.79. The normalized spacial score (nSPS) is 32.2. The van der Waals surface area contributed by atoms with Crippen LogP contribution in [0, 0.1) is 23.2 Å². The molecule has 0 bridgehead atoms. The Balaban J connectivity index is 1.13. The molecule has 3 N–H and O–H groups in total. The number of aliphatic hydroxyl groups excluding tert-OH is 1. The number of allylic oxidation sites excluding steroid dienone is 1. The summed E-state index contributed by atoms with van der Waals surface area (Å²) >= 11 is 0. The van der Waals surface area contributed by atoms with Gasteiger partial charge in [0, 0.05) is 37.1 Å². The molecule has 1 saturated carbocycles. The molecule has 5 aliphatic rings. The molecule has 2 amide bonds. The first-order valence-electron chi connectivity index (χ1n) is 17.0. The maximum Gasteiger partial charge on any atom is 0.408 e. The summed E-state index contributed by atoms with van der Waals surface area (Å²) in [5, 5.41) is 16.1. The van der Waals surface area contributed by atoms with Crippen molar-refractivity contribution in [3.8, 4) is 0 Å². The molecular formula is C34H50F2N4O7. The number of unbranched alkanes of at least 4 members (excludes halogenated alkanes) is 1. The Morgan fingerprint density at radius 1 is 1.23 bits per heavy atom. The number of alkyl carbamates (subject to hydrolysis) is 1. The van der Waals surface area contributed by atoms with Gasteiger partial charge in [-0.15, -0.1) is 0 Å². The van der Waals surface area contributed by atoms with E-state index in [0.29, 0.717) is 56.8 Å². The van der Waals surface area contributed by atoms with Gasteiger partial charge in [-0.25, -0.2) is 9.79 Å². The summed E-state index contributed by atoms with van der Waals surface area (Å²) in [6, 6.07) is -1.42. The second kappa shape index (κ2) is 14.3. The lowest BCUT2D eigenvalue weighted by Gasteiger charge is -2.45. The fourth-order valence-electron chi connectivity index (χ4n) is 7.88. The van der Waals surface area contributed by atoms with E-state index in [-0.39, 0.29) is 48.1 Å². The Morgan fingerprint density at radius 2 is 1.98 bits per heavy atom. The van der Waals surface area contributed by atoms with Gasteiger partial charge in [0.15, 0.2) is 12.0 Å². The van der Waals surface area contributed by atoms with Gasteiger partial charge < -0.3 is 34.9 Å². The summed E-state index contributed by atoms with van der Waals surface area (Å²) in [7, 11) is 1.57. The Morgan fingerprint density at radius 3 is 2.64 bits per heavy atom. The second-order valence-electron chi connectivity index (χ2n) is 14.4. The summed E-state index contributed by atoms with van der Waals surface area (Å²) in [5.74, 6) is -3.78. The molecule has 2 saturated heterocycles. The summed E-state index contributed by atoms with van der Waals surface area (Å²) in [5.41, 5.74) is -0.244. The van der Waals surface area contributed by atoms with Crippen LogP contribution in [0.25, 0.3) is 0 Å². The molecule has 5 rings (SSSR count). The van der Waals surface area contributed by atoms with E-state index in [1.54, 1.807) is 24.2 Å². The van der Waals surface area contributed by atoms with Gasteiger partial charge in [-0.1, -0.05) is 33.3 Å². The van der Waals surface area contributed by atoms with Gasteiger partial charge in [-0.05, 0) is 63.4 Å². The van der Waals surface area contributed by atoms with Crippen LogP contribution in [0.15, 0.2) is 28.5 Å². The standard InChI is InChI=1S/C34H50F2N4O7/c1-19-14-16-40(27(19)21(3)41)31(43)29(33(4)17-46-18-33)39-32(44)47-25-11-8-10-22(25)9-6-7-15-34(35,36)28-30(42)38-26-20(2)24(45-5)13-12-23(26)37-28/h12-13,19-20,22,24-25,27,29-30,38,42H,6-11,14-18H2,1-5H3,(H,39,44)/t19-,20?,22-,24?,25?,27+,29?,30?/m1/s1. The third-order valence-electron chi connectivity index (χ3n) is 10.7. The van der Waals surface area contributed by atoms with Gasteiger partial charge in [0.1, 0.15) is 17.9 Å². The van der Waals surface area contributed by atoms with Crippen molar-refractivity contribution in [2.24, 2.45) is 28.2 Å². The first-order chi connectivity index (χ1) is 22.3. The molecule has 0 aromatic rings. The number of alkyl halides is 2. The van der Waals surface area contributed by atoms with Crippen molar-refractivity contribution in [1.82, 2.24) is 15.5 Å². The highest BCUT2D eigenvalue weighted by atomic mass is 19.3. The van der Waals surface area contributed by atoms with Crippen LogP contribution in [0.5, 0.6) is 0 Å². The van der Waals surface area contributed by atoms with Crippen molar-refractivity contribution in [2.45, 2.75) is 116 Å². The molecule has 3 fully saturated rings. The lowest BCUT2D eigenvalue weighted by Crippen LogP contribution is -2.64. The zero-order chi connectivity index (χ0) is 34.1. The van der Waals surface area contributed by atoms with Crippen LogP contribution >= 0.6 is 0 Å². The molecule has 262 valence electrons. The third-order valence-corrected chi connectivity index (χ3v) is 10.7. The number of carbonyl (C=O) groups is 3. The number of rotatable bonds is 12. The van der Waals surface area contributed by atoms with Gasteiger partial charge in [0.2, 0.25) is 5.91 Å². The van der Waals surface area contributed by atoms with Crippen molar-refractivity contribution >= 4 is 23.5 Å². The van der Waals surface area contributed by atoms with Crippen molar-refractivity contribution < 1.29 is 42.5 Å². The molecule has 0 aromatic heterocycles. The minimum Gasteiger partial charge on any atom is -0.446 e. The highest BCUT2D eigenvalue weighted by Crippen LogP contribution is 2.37. The van der Waals surface area contributed by atoms with Crippen LogP contribution in [0.4, 0.5) is 13.6 Å². The van der Waals surface area contributed by atoms with E-state index in [1.807, 2.05) is 20.8 Å². The molecule has 13 heteroatoms. The second-order valence-corrected chi connectivity index (χ2v) is 14.4. The van der Waals surface area contributed by atoms with E-state index in [9.17, 15) is 19.5 Å². The number of likely N-dealkylation sites (tertiary alicyclic amines) is 1. The summed E-state index contributed by atoms with van der Waals surface area (Å²) in [6.45, 7) is 8.26. The van der Waals surface area contributed by atoms with Crippen molar-refractivity contribution in [3.63, 3.8) is 0 Å². The molecule has 11 nitrogen and oxygen atoms in total. The average Bonchev–Trinajstić information content (AvgIpc) is 3.62. The van der Waals surface area contributed by atoms with E-state index >= 15 is 8.78 Å². The predicted octanol–water partition coefficient (Wildman–Crippen LogP) is 4.10. The zero-order valence-electron chi connectivity index (χ0n) is 28.1.